The SMILES string of the molecule is Cn1c(CNC(CO)(CO)CO)nc2ccccc21. The summed E-state index contributed by atoms with van der Waals surface area (Å²) in [5.41, 5.74) is 0.823. The molecule has 0 radical (unpaired) electrons. The third-order valence-electron chi connectivity index (χ3n) is 3.41. The first-order chi connectivity index (χ1) is 9.15. The molecule has 0 aliphatic rings. The third kappa shape index (κ3) is 2.62. The molecule has 4 N–H and O–H groups in total. The molecule has 1 aromatic heterocycles. The van der Waals surface area contributed by atoms with Crippen molar-refractivity contribution in [2.45, 2.75) is 12.1 Å². The molecular formula is C13H19N3O3. The predicted molar refractivity (Wildman–Crippen MR) is 71.5 cm³/mol. The lowest BCUT2D eigenvalue weighted by atomic mass is 10.0. The van der Waals surface area contributed by atoms with Crippen LogP contribution < -0.4 is 5.32 Å². The van der Waals surface area contributed by atoms with Crippen LogP contribution in [0.15, 0.2) is 24.3 Å². The molecule has 0 saturated carbocycles. The average molecular weight is 265 g/mol. The maximum Gasteiger partial charge on any atom is 0.123 e. The van der Waals surface area contributed by atoms with Gasteiger partial charge in [0.2, 0.25) is 0 Å². The molecule has 0 spiro atoms. The highest BCUT2D eigenvalue weighted by Gasteiger charge is 2.27. The van der Waals surface area contributed by atoms with E-state index in [1.807, 2.05) is 35.9 Å². The van der Waals surface area contributed by atoms with Gasteiger partial charge in [-0.3, -0.25) is 5.32 Å². The number of para-hydroxylation sites is 2. The standard InChI is InChI=1S/C13H19N3O3/c1-16-11-5-3-2-4-10(11)15-12(16)6-14-13(7-17,8-18)9-19/h2-5,14,17-19H,6-9H2,1H3. The molecule has 6 heteroatoms. The van der Waals surface area contributed by atoms with Crippen LogP contribution in [0.5, 0.6) is 0 Å². The van der Waals surface area contributed by atoms with Crippen LogP contribution in [0.4, 0.5) is 0 Å². The van der Waals surface area contributed by atoms with E-state index in [1.165, 1.54) is 0 Å². The van der Waals surface area contributed by atoms with Gasteiger partial charge in [-0.25, -0.2) is 4.98 Å². The number of hydrogen-bond donors (Lipinski definition) is 4. The smallest absolute Gasteiger partial charge is 0.123 e. The first-order valence-electron chi connectivity index (χ1n) is 6.14. The molecule has 19 heavy (non-hydrogen) atoms. The molecule has 0 bridgehead atoms. The van der Waals surface area contributed by atoms with Crippen molar-refractivity contribution < 1.29 is 15.3 Å². The maximum absolute atomic E-state index is 9.25. The third-order valence-corrected chi connectivity index (χ3v) is 3.41. The molecule has 1 aromatic carbocycles. The molecule has 0 fully saturated rings. The largest absolute Gasteiger partial charge is 0.394 e. The number of aliphatic hydroxyl groups excluding tert-OH is 3. The van der Waals surface area contributed by atoms with Gasteiger partial charge >= 0.3 is 0 Å². The van der Waals surface area contributed by atoms with Gasteiger partial charge in [-0.1, -0.05) is 12.1 Å². The van der Waals surface area contributed by atoms with Crippen LogP contribution in [-0.2, 0) is 13.6 Å². The minimum absolute atomic E-state index is 0.343. The first kappa shape index (κ1) is 14.0. The van der Waals surface area contributed by atoms with E-state index in [1.54, 1.807) is 0 Å². The van der Waals surface area contributed by atoms with E-state index in [4.69, 9.17) is 0 Å². The maximum atomic E-state index is 9.25. The fourth-order valence-electron chi connectivity index (χ4n) is 1.94. The van der Waals surface area contributed by atoms with E-state index in [-0.39, 0.29) is 19.8 Å². The lowest BCUT2D eigenvalue weighted by Gasteiger charge is -2.28. The molecule has 0 aliphatic carbocycles. The number of benzene rings is 1. The summed E-state index contributed by atoms with van der Waals surface area (Å²) in [6.07, 6.45) is 0. The summed E-state index contributed by atoms with van der Waals surface area (Å²) < 4.78 is 1.94. The normalized spacial score (nSPS) is 12.2. The van der Waals surface area contributed by atoms with Crippen LogP contribution in [-0.4, -0.2) is 50.2 Å². The zero-order valence-electron chi connectivity index (χ0n) is 10.9. The Balaban J connectivity index is 2.20. The lowest BCUT2D eigenvalue weighted by Crippen LogP contribution is -2.54. The summed E-state index contributed by atoms with van der Waals surface area (Å²) in [6.45, 7) is -0.676. The van der Waals surface area contributed by atoms with E-state index >= 15 is 0 Å². The Morgan fingerprint density at radius 2 is 1.79 bits per heavy atom. The predicted octanol–water partition coefficient (Wildman–Crippen LogP) is -0.621. The van der Waals surface area contributed by atoms with Crippen LogP contribution in [0, 0.1) is 0 Å². The van der Waals surface area contributed by atoms with Gasteiger partial charge in [-0.05, 0) is 12.1 Å². The van der Waals surface area contributed by atoms with E-state index in [2.05, 4.69) is 10.3 Å². The Kier molecular flexibility index (Phi) is 4.16. The number of aryl methyl sites for hydroxylation is 1. The highest BCUT2D eigenvalue weighted by atomic mass is 16.3. The van der Waals surface area contributed by atoms with Crippen molar-refractivity contribution in [3.63, 3.8) is 0 Å². The summed E-state index contributed by atoms with van der Waals surface area (Å²) >= 11 is 0. The van der Waals surface area contributed by atoms with Crippen LogP contribution in [0.2, 0.25) is 0 Å². The van der Waals surface area contributed by atoms with Gasteiger partial charge in [0.15, 0.2) is 0 Å². The van der Waals surface area contributed by atoms with Crippen LogP contribution >= 0.6 is 0 Å². The highest BCUT2D eigenvalue weighted by Crippen LogP contribution is 2.14. The molecule has 6 nitrogen and oxygen atoms in total. The number of aliphatic hydroxyl groups is 3. The van der Waals surface area contributed by atoms with Crippen molar-refractivity contribution >= 4 is 11.0 Å². The second-order valence-corrected chi connectivity index (χ2v) is 4.68. The molecule has 1 heterocycles. The summed E-state index contributed by atoms with van der Waals surface area (Å²) in [5, 5.41) is 30.7. The van der Waals surface area contributed by atoms with Gasteiger partial charge < -0.3 is 19.9 Å². The van der Waals surface area contributed by atoms with Crippen molar-refractivity contribution in [3.05, 3.63) is 30.1 Å². The average Bonchev–Trinajstić information content (AvgIpc) is 2.78. The van der Waals surface area contributed by atoms with Crippen molar-refractivity contribution in [1.29, 1.82) is 0 Å². The fourth-order valence-corrected chi connectivity index (χ4v) is 1.94. The molecule has 104 valence electrons. The summed E-state index contributed by atoms with van der Waals surface area (Å²) in [4.78, 5) is 4.47. The zero-order valence-corrected chi connectivity index (χ0v) is 10.9. The van der Waals surface area contributed by atoms with E-state index in [0.29, 0.717) is 6.54 Å². The molecular weight excluding hydrogens is 246 g/mol. The van der Waals surface area contributed by atoms with Gasteiger partial charge in [0.05, 0.1) is 42.9 Å². The Hall–Kier alpha value is -1.47. The Bertz CT molecular complexity index is 541. The number of fused-ring (bicyclic) bond motifs is 1. The van der Waals surface area contributed by atoms with Crippen molar-refractivity contribution in [2.24, 2.45) is 7.05 Å². The molecule has 0 unspecified atom stereocenters. The first-order valence-corrected chi connectivity index (χ1v) is 6.14. The number of nitrogens with one attached hydrogen (secondary N) is 1. The minimum atomic E-state index is -1.09. The van der Waals surface area contributed by atoms with E-state index in [0.717, 1.165) is 16.9 Å². The summed E-state index contributed by atoms with van der Waals surface area (Å²) in [5.74, 6) is 0.779. The van der Waals surface area contributed by atoms with E-state index in [9.17, 15) is 15.3 Å². The molecule has 0 aliphatic heterocycles. The summed E-state index contributed by atoms with van der Waals surface area (Å²) in [7, 11) is 1.91. The molecule has 0 saturated heterocycles. The number of hydrogen-bond acceptors (Lipinski definition) is 5. The monoisotopic (exact) mass is 265 g/mol. The topological polar surface area (TPSA) is 90.5 Å². The molecule has 0 atom stereocenters. The highest BCUT2D eigenvalue weighted by molar-refractivity contribution is 5.75. The lowest BCUT2D eigenvalue weighted by molar-refractivity contribution is 0.0408. The van der Waals surface area contributed by atoms with E-state index < -0.39 is 5.54 Å². The Morgan fingerprint density at radius 1 is 1.16 bits per heavy atom. The number of nitrogens with zero attached hydrogens (tertiary/aromatic N) is 2. The number of imidazole rings is 1. The number of rotatable bonds is 6. The van der Waals surface area contributed by atoms with Gasteiger partial charge in [-0.15, -0.1) is 0 Å². The minimum Gasteiger partial charge on any atom is -0.394 e. The molecule has 2 aromatic rings. The van der Waals surface area contributed by atoms with Crippen molar-refractivity contribution in [3.8, 4) is 0 Å². The Morgan fingerprint density at radius 3 is 2.37 bits per heavy atom. The Labute approximate surface area is 111 Å². The fraction of sp³-hybridized carbons (Fsp3) is 0.462. The van der Waals surface area contributed by atoms with Crippen LogP contribution in [0.3, 0.4) is 0 Å². The van der Waals surface area contributed by atoms with Gasteiger partial charge in [0.1, 0.15) is 5.82 Å². The van der Waals surface area contributed by atoms with Crippen LogP contribution in [0.1, 0.15) is 5.82 Å². The zero-order chi connectivity index (χ0) is 13.9. The van der Waals surface area contributed by atoms with Crippen LogP contribution in [0.25, 0.3) is 11.0 Å². The van der Waals surface area contributed by atoms with Crippen molar-refractivity contribution in [2.75, 3.05) is 19.8 Å². The number of aromatic nitrogens is 2. The second-order valence-electron chi connectivity index (χ2n) is 4.68. The molecule has 2 rings (SSSR count). The summed E-state index contributed by atoms with van der Waals surface area (Å²) in [6, 6.07) is 7.77. The second kappa shape index (κ2) is 5.66. The quantitative estimate of drug-likeness (QED) is 0.559. The molecule has 0 amide bonds. The van der Waals surface area contributed by atoms with Gasteiger partial charge in [0.25, 0.3) is 0 Å². The van der Waals surface area contributed by atoms with Gasteiger partial charge in [0, 0.05) is 7.05 Å². The van der Waals surface area contributed by atoms with Crippen molar-refractivity contribution in [1.82, 2.24) is 14.9 Å². The van der Waals surface area contributed by atoms with Gasteiger partial charge in [-0.2, -0.15) is 0 Å².